The van der Waals surface area contributed by atoms with Crippen LogP contribution in [0.2, 0.25) is 0 Å². The molecule has 2 aromatic carbocycles. The molecule has 2 rings (SSSR count). The van der Waals surface area contributed by atoms with Crippen LogP contribution >= 0.6 is 0 Å². The van der Waals surface area contributed by atoms with Gasteiger partial charge < -0.3 is 9.64 Å². The van der Waals surface area contributed by atoms with Gasteiger partial charge in [-0.05, 0) is 29.8 Å². The van der Waals surface area contributed by atoms with E-state index in [-0.39, 0.29) is 12.5 Å². The Balaban J connectivity index is 2.37. The molecule has 3 nitrogen and oxygen atoms in total. The normalized spacial score (nSPS) is 12.3. The first kappa shape index (κ1) is 16.9. The van der Waals surface area contributed by atoms with E-state index >= 15 is 0 Å². The second-order valence-electron chi connectivity index (χ2n) is 4.87. The van der Waals surface area contributed by atoms with Gasteiger partial charge in [-0.25, -0.2) is 0 Å². The smallest absolute Gasteiger partial charge is 0.454 e. The van der Waals surface area contributed by atoms with Gasteiger partial charge in [-0.1, -0.05) is 30.3 Å². The molecule has 0 aliphatic rings. The first-order valence-electron chi connectivity index (χ1n) is 7.01. The van der Waals surface area contributed by atoms with Crippen molar-refractivity contribution in [3.05, 3.63) is 54.4 Å². The molecule has 23 heavy (non-hydrogen) atoms. The van der Waals surface area contributed by atoms with Crippen LogP contribution in [0.1, 0.15) is 6.92 Å². The minimum Gasteiger partial charge on any atom is -0.479 e. The summed E-state index contributed by atoms with van der Waals surface area (Å²) < 4.78 is 42.6. The fourth-order valence-corrected chi connectivity index (χ4v) is 2.09. The SMILES string of the molecule is CCO/C(=C/C(=O)C(F)(F)F)N(C)c1ccc2ccccc2c1. The van der Waals surface area contributed by atoms with E-state index < -0.39 is 12.0 Å². The monoisotopic (exact) mass is 323 g/mol. The molecule has 0 atom stereocenters. The average Bonchev–Trinajstić information content (AvgIpc) is 2.52. The molecule has 0 heterocycles. The Hall–Kier alpha value is -2.50. The van der Waals surface area contributed by atoms with Crippen molar-refractivity contribution in [1.29, 1.82) is 0 Å². The standard InChI is InChI=1S/C17H16F3NO2/c1-3-23-16(11-15(22)17(18,19)20)21(2)14-9-8-12-6-4-5-7-13(12)10-14/h4-11H,3H2,1-2H3/b16-11+. The molecule has 0 aliphatic heterocycles. The number of ketones is 1. The third-order valence-corrected chi connectivity index (χ3v) is 3.28. The summed E-state index contributed by atoms with van der Waals surface area (Å²) in [5, 5.41) is 1.95. The number of rotatable bonds is 5. The molecule has 0 aromatic heterocycles. The summed E-state index contributed by atoms with van der Waals surface area (Å²) in [7, 11) is 1.55. The van der Waals surface area contributed by atoms with Crippen LogP contribution in [0.15, 0.2) is 54.4 Å². The number of carbonyl (C=O) groups is 1. The van der Waals surface area contributed by atoms with Gasteiger partial charge in [0.15, 0.2) is 5.88 Å². The van der Waals surface area contributed by atoms with Crippen LogP contribution in [0, 0.1) is 0 Å². The summed E-state index contributed by atoms with van der Waals surface area (Å²) in [6.07, 6.45) is -4.45. The predicted molar refractivity (Wildman–Crippen MR) is 83.1 cm³/mol. The van der Waals surface area contributed by atoms with Crippen LogP contribution < -0.4 is 4.90 Å². The summed E-state index contributed by atoms with van der Waals surface area (Å²) in [4.78, 5) is 12.6. The molecule has 2 aromatic rings. The van der Waals surface area contributed by atoms with Crippen molar-refractivity contribution < 1.29 is 22.7 Å². The van der Waals surface area contributed by atoms with Gasteiger partial charge in [0.1, 0.15) is 0 Å². The van der Waals surface area contributed by atoms with E-state index in [1.54, 1.807) is 20.0 Å². The number of halogens is 3. The number of allylic oxidation sites excluding steroid dienone is 1. The quantitative estimate of drug-likeness (QED) is 0.607. The molecule has 0 amide bonds. The van der Waals surface area contributed by atoms with Crippen molar-refractivity contribution in [2.24, 2.45) is 0 Å². The summed E-state index contributed by atoms with van der Waals surface area (Å²) in [6, 6.07) is 13.0. The number of ether oxygens (including phenoxy) is 1. The zero-order valence-corrected chi connectivity index (χ0v) is 12.7. The molecule has 0 saturated heterocycles. The van der Waals surface area contributed by atoms with E-state index in [1.165, 1.54) is 4.90 Å². The highest BCUT2D eigenvalue weighted by Crippen LogP contribution is 2.25. The zero-order valence-electron chi connectivity index (χ0n) is 12.7. The molecular formula is C17H16F3NO2. The van der Waals surface area contributed by atoms with Crippen molar-refractivity contribution in [2.45, 2.75) is 13.1 Å². The Morgan fingerprint density at radius 2 is 1.83 bits per heavy atom. The highest BCUT2D eigenvalue weighted by atomic mass is 19.4. The molecule has 122 valence electrons. The van der Waals surface area contributed by atoms with Gasteiger partial charge in [-0.15, -0.1) is 0 Å². The van der Waals surface area contributed by atoms with Crippen molar-refractivity contribution in [1.82, 2.24) is 0 Å². The van der Waals surface area contributed by atoms with Gasteiger partial charge in [0.25, 0.3) is 5.78 Å². The Bertz CT molecular complexity index is 738. The molecule has 0 radical (unpaired) electrons. The Labute approximate surface area is 132 Å². The number of nitrogens with zero attached hydrogens (tertiary/aromatic N) is 1. The molecule has 0 bridgehead atoms. The van der Waals surface area contributed by atoms with Gasteiger partial charge in [-0.2, -0.15) is 13.2 Å². The van der Waals surface area contributed by atoms with Gasteiger partial charge in [0, 0.05) is 12.7 Å². The fraction of sp³-hybridized carbons (Fsp3) is 0.235. The summed E-state index contributed by atoms with van der Waals surface area (Å²) in [5.41, 5.74) is 0.623. The number of carbonyl (C=O) groups excluding carboxylic acids is 1. The van der Waals surface area contributed by atoms with Crippen LogP contribution in [-0.4, -0.2) is 25.6 Å². The lowest BCUT2D eigenvalue weighted by Gasteiger charge is -2.23. The van der Waals surface area contributed by atoms with Crippen LogP contribution in [0.5, 0.6) is 0 Å². The predicted octanol–water partition coefficient (Wildman–Crippen LogP) is 4.29. The minimum absolute atomic E-state index is 0.148. The van der Waals surface area contributed by atoms with Crippen molar-refractivity contribution in [3.63, 3.8) is 0 Å². The van der Waals surface area contributed by atoms with Crippen LogP contribution in [0.25, 0.3) is 10.8 Å². The Morgan fingerprint density at radius 1 is 1.17 bits per heavy atom. The molecule has 6 heteroatoms. The largest absolute Gasteiger partial charge is 0.479 e. The molecule has 0 saturated carbocycles. The number of benzene rings is 2. The van der Waals surface area contributed by atoms with Gasteiger partial charge in [-0.3, -0.25) is 4.79 Å². The number of hydrogen-bond acceptors (Lipinski definition) is 3. The lowest BCUT2D eigenvalue weighted by molar-refractivity contribution is -0.165. The maximum Gasteiger partial charge on any atom is 0.454 e. The fourth-order valence-electron chi connectivity index (χ4n) is 2.09. The van der Waals surface area contributed by atoms with Crippen molar-refractivity contribution in [3.8, 4) is 0 Å². The number of anilines is 1. The van der Waals surface area contributed by atoms with E-state index in [4.69, 9.17) is 4.74 Å². The highest BCUT2D eigenvalue weighted by molar-refractivity contribution is 5.95. The highest BCUT2D eigenvalue weighted by Gasteiger charge is 2.37. The van der Waals surface area contributed by atoms with Crippen LogP contribution in [0.3, 0.4) is 0 Å². The Kier molecular flexibility index (Phi) is 4.93. The lowest BCUT2D eigenvalue weighted by Crippen LogP contribution is -2.25. The van der Waals surface area contributed by atoms with E-state index in [0.29, 0.717) is 11.8 Å². The molecule has 0 unspecified atom stereocenters. The lowest BCUT2D eigenvalue weighted by atomic mass is 10.1. The van der Waals surface area contributed by atoms with Gasteiger partial charge in [0.2, 0.25) is 0 Å². The van der Waals surface area contributed by atoms with Crippen LogP contribution in [0.4, 0.5) is 18.9 Å². The van der Waals surface area contributed by atoms with E-state index in [0.717, 1.165) is 10.8 Å². The molecule has 0 fully saturated rings. The molecule has 0 N–H and O–H groups in total. The first-order valence-corrected chi connectivity index (χ1v) is 7.01. The third-order valence-electron chi connectivity index (χ3n) is 3.28. The minimum atomic E-state index is -4.92. The first-order chi connectivity index (χ1) is 10.8. The average molecular weight is 323 g/mol. The number of hydrogen-bond donors (Lipinski definition) is 0. The molecular weight excluding hydrogens is 307 g/mol. The van der Waals surface area contributed by atoms with E-state index in [9.17, 15) is 18.0 Å². The summed E-state index contributed by atoms with van der Waals surface area (Å²) >= 11 is 0. The topological polar surface area (TPSA) is 29.5 Å². The van der Waals surface area contributed by atoms with E-state index in [2.05, 4.69) is 0 Å². The number of fused-ring (bicyclic) bond motifs is 1. The Morgan fingerprint density at radius 3 is 2.43 bits per heavy atom. The number of alkyl halides is 3. The second-order valence-corrected chi connectivity index (χ2v) is 4.87. The van der Waals surface area contributed by atoms with Crippen LogP contribution in [-0.2, 0) is 9.53 Å². The van der Waals surface area contributed by atoms with Gasteiger partial charge in [0.05, 0.1) is 12.7 Å². The summed E-state index contributed by atoms with van der Waals surface area (Å²) in [6.45, 7) is 1.79. The third kappa shape index (κ3) is 4.03. The second kappa shape index (κ2) is 6.73. The van der Waals surface area contributed by atoms with Gasteiger partial charge >= 0.3 is 6.18 Å². The van der Waals surface area contributed by atoms with Crippen molar-refractivity contribution >= 4 is 22.2 Å². The van der Waals surface area contributed by atoms with Crippen molar-refractivity contribution in [2.75, 3.05) is 18.6 Å². The maximum atomic E-state index is 12.5. The van der Waals surface area contributed by atoms with E-state index in [1.807, 2.05) is 36.4 Å². The zero-order chi connectivity index (χ0) is 17.0. The molecule has 0 aliphatic carbocycles. The maximum absolute atomic E-state index is 12.5. The summed E-state index contributed by atoms with van der Waals surface area (Å²) in [5.74, 6) is -2.10. The molecule has 0 spiro atoms.